The summed E-state index contributed by atoms with van der Waals surface area (Å²) in [6.45, 7) is 3.53. The van der Waals surface area contributed by atoms with E-state index in [2.05, 4.69) is 32.1 Å². The van der Waals surface area contributed by atoms with Gasteiger partial charge < -0.3 is 40.5 Å². The van der Waals surface area contributed by atoms with Gasteiger partial charge in [-0.1, -0.05) is 5.92 Å². The molecule has 2 aromatic rings. The molecule has 0 bridgehead atoms. The molecule has 3 aliphatic heterocycles. The zero-order valence-electron chi connectivity index (χ0n) is 22.2. The van der Waals surface area contributed by atoms with E-state index < -0.39 is 42.6 Å². The fourth-order valence-electron chi connectivity index (χ4n) is 4.99. The zero-order chi connectivity index (χ0) is 28.6. The van der Waals surface area contributed by atoms with E-state index in [1.807, 2.05) is 0 Å². The Labute approximate surface area is 229 Å². The van der Waals surface area contributed by atoms with Crippen LogP contribution in [0.15, 0.2) is 6.33 Å². The van der Waals surface area contributed by atoms with Gasteiger partial charge in [0, 0.05) is 33.1 Å². The number of aliphatic hydroxyl groups is 2. The lowest BCUT2D eigenvalue weighted by Gasteiger charge is -2.37. The average Bonchev–Trinajstić information content (AvgIpc) is 3.49. The largest absolute Gasteiger partial charge is 0.434 e. The fraction of sp³-hybridized carbons (Fsp3) is 0.600. The number of nitrogens with two attached hydrogens (primary N) is 1. The predicted octanol–water partition coefficient (Wildman–Crippen LogP) is -1.41. The van der Waals surface area contributed by atoms with Crippen LogP contribution < -0.4 is 11.1 Å². The number of imidazole rings is 1. The average molecular weight is 557 g/mol. The quantitative estimate of drug-likeness (QED) is 0.249. The Morgan fingerprint density at radius 2 is 2.00 bits per heavy atom. The first-order valence-electron chi connectivity index (χ1n) is 13.2. The van der Waals surface area contributed by atoms with Crippen LogP contribution in [-0.4, -0.2) is 115 Å². The van der Waals surface area contributed by atoms with Crippen LogP contribution in [0.25, 0.3) is 11.2 Å². The number of hydrogen-bond acceptors (Lipinski definition) is 11. The summed E-state index contributed by atoms with van der Waals surface area (Å²) in [7, 11) is 1.66. The molecule has 2 aromatic heterocycles. The van der Waals surface area contributed by atoms with E-state index in [0.717, 1.165) is 12.8 Å². The third kappa shape index (κ3) is 5.25. The van der Waals surface area contributed by atoms with Crippen molar-refractivity contribution in [2.24, 2.45) is 5.92 Å². The Balaban J connectivity index is 1.21. The van der Waals surface area contributed by atoms with Crippen LogP contribution in [0.3, 0.4) is 0 Å². The smallest absolute Gasteiger partial charge is 0.410 e. The Kier molecular flexibility index (Phi) is 7.74. The number of likely N-dealkylation sites (tertiary alicyclic amines) is 2. The minimum atomic E-state index is -1.44. The summed E-state index contributed by atoms with van der Waals surface area (Å²) in [5.41, 5.74) is 6.60. The summed E-state index contributed by atoms with van der Waals surface area (Å²) in [6, 6.07) is 0. The Morgan fingerprint density at radius 1 is 1.25 bits per heavy atom. The predicted molar refractivity (Wildman–Crippen MR) is 138 cm³/mol. The lowest BCUT2D eigenvalue weighted by molar-refractivity contribution is -0.154. The topological polar surface area (TPSA) is 198 Å². The van der Waals surface area contributed by atoms with Crippen LogP contribution in [0.2, 0.25) is 0 Å². The first-order valence-corrected chi connectivity index (χ1v) is 13.2. The highest BCUT2D eigenvalue weighted by Crippen LogP contribution is 2.32. The minimum absolute atomic E-state index is 0.0873. The van der Waals surface area contributed by atoms with Gasteiger partial charge in [-0.3, -0.25) is 14.2 Å². The molecule has 40 heavy (non-hydrogen) atoms. The summed E-state index contributed by atoms with van der Waals surface area (Å²) in [5.74, 6) is 5.78. The molecule has 3 amide bonds. The maximum absolute atomic E-state index is 12.3. The number of nitrogen functional groups attached to an aromatic ring is 1. The lowest BCUT2D eigenvalue weighted by atomic mass is 9.94. The number of fused-ring (bicyclic) bond motifs is 1. The van der Waals surface area contributed by atoms with Gasteiger partial charge in [0.25, 0.3) is 11.8 Å². The molecule has 3 saturated heterocycles. The molecule has 5 rings (SSSR count). The number of nitrogens with one attached hydrogen (secondary N) is 1. The van der Waals surface area contributed by atoms with Crippen molar-refractivity contribution in [3.05, 3.63) is 12.2 Å². The van der Waals surface area contributed by atoms with Crippen molar-refractivity contribution in [1.82, 2.24) is 34.6 Å². The first-order chi connectivity index (χ1) is 19.2. The molecule has 5 heterocycles. The number of piperidine rings is 1. The van der Waals surface area contributed by atoms with Gasteiger partial charge in [-0.05, 0) is 31.6 Å². The number of hydrogen-bond donors (Lipinski definition) is 4. The number of aliphatic hydroxyl groups excluding tert-OH is 2. The first kappa shape index (κ1) is 27.6. The Morgan fingerprint density at radius 3 is 2.67 bits per heavy atom. The van der Waals surface area contributed by atoms with Gasteiger partial charge in [0.1, 0.15) is 17.7 Å². The monoisotopic (exact) mass is 556 g/mol. The fourth-order valence-corrected chi connectivity index (χ4v) is 4.99. The normalized spacial score (nSPS) is 26.8. The van der Waals surface area contributed by atoms with E-state index >= 15 is 0 Å². The van der Waals surface area contributed by atoms with Crippen molar-refractivity contribution in [2.45, 2.75) is 56.8 Å². The second kappa shape index (κ2) is 11.2. The standard InChI is InChI=1S/C25H32N8O7/c1-3-27-22(36)19-17(34)18(35)24(40-19)33-12-28-16-20(26)29-15(30-21(16)33)6-4-5-13-7-9-32(10-8-13)25(38)39-14-11-31(2)23(14)37/h12-14,17-19,24,34-35H,3,5,7-11H2,1-2H3,(H,27,36)(H2,26,29,30)/t14?,17-,18?,19+,24-/m1/s1. The van der Waals surface area contributed by atoms with E-state index in [1.54, 1.807) is 18.9 Å². The number of anilines is 1. The van der Waals surface area contributed by atoms with Crippen LogP contribution in [0.4, 0.5) is 10.6 Å². The maximum Gasteiger partial charge on any atom is 0.410 e. The number of carbonyl (C=O) groups is 3. The molecular weight excluding hydrogens is 524 g/mol. The second-order valence-electron chi connectivity index (χ2n) is 10.1. The number of likely N-dealkylation sites (N-methyl/N-ethyl adjacent to an activating group) is 2. The van der Waals surface area contributed by atoms with Crippen molar-refractivity contribution in [3.8, 4) is 11.8 Å². The molecule has 0 aromatic carbocycles. The van der Waals surface area contributed by atoms with Crippen LogP contribution in [0, 0.1) is 17.8 Å². The van der Waals surface area contributed by atoms with Crippen molar-refractivity contribution in [2.75, 3.05) is 39.0 Å². The van der Waals surface area contributed by atoms with Gasteiger partial charge in [0.2, 0.25) is 5.82 Å². The molecule has 2 unspecified atom stereocenters. The summed E-state index contributed by atoms with van der Waals surface area (Å²) in [5, 5.41) is 23.5. The SMILES string of the molecule is CCNC(=O)[C@H]1O[C@@H](n2cnc3c(N)nc(C#CCC4CCN(C(=O)OC5CN(C)C5=O)CC4)nc32)C(O)[C@H]1O. The second-order valence-corrected chi connectivity index (χ2v) is 10.1. The number of β-lactam (4-membered cyclic amide) rings is 1. The van der Waals surface area contributed by atoms with Gasteiger partial charge >= 0.3 is 6.09 Å². The summed E-state index contributed by atoms with van der Waals surface area (Å²) >= 11 is 0. The third-order valence-corrected chi connectivity index (χ3v) is 7.37. The summed E-state index contributed by atoms with van der Waals surface area (Å²) in [6.07, 6.45) is -2.99. The van der Waals surface area contributed by atoms with Crippen molar-refractivity contribution in [3.63, 3.8) is 0 Å². The van der Waals surface area contributed by atoms with Gasteiger partial charge in [0.15, 0.2) is 29.9 Å². The zero-order valence-corrected chi connectivity index (χ0v) is 22.2. The van der Waals surface area contributed by atoms with Crippen molar-refractivity contribution in [1.29, 1.82) is 0 Å². The van der Waals surface area contributed by atoms with Crippen LogP contribution in [-0.2, 0) is 19.1 Å². The molecule has 214 valence electrons. The molecule has 15 heteroatoms. The molecule has 5 N–H and O–H groups in total. The number of amides is 3. The molecular formula is C25H32N8O7. The number of aromatic nitrogens is 4. The lowest BCUT2D eigenvalue weighted by Crippen LogP contribution is -2.57. The minimum Gasteiger partial charge on any atom is -0.434 e. The van der Waals surface area contributed by atoms with E-state index in [4.69, 9.17) is 15.2 Å². The highest BCUT2D eigenvalue weighted by atomic mass is 16.6. The highest BCUT2D eigenvalue weighted by Gasteiger charge is 2.47. The highest BCUT2D eigenvalue weighted by molar-refractivity contribution is 5.88. The molecule has 3 aliphatic rings. The Hall–Kier alpha value is -4.00. The van der Waals surface area contributed by atoms with Gasteiger partial charge in [0.05, 0.1) is 12.9 Å². The van der Waals surface area contributed by atoms with E-state index in [-0.39, 0.29) is 34.6 Å². The number of carbonyl (C=O) groups excluding carboxylic acids is 3. The number of rotatable bonds is 5. The molecule has 0 saturated carbocycles. The Bertz CT molecular complexity index is 1360. The van der Waals surface area contributed by atoms with E-state index in [9.17, 15) is 24.6 Å². The van der Waals surface area contributed by atoms with E-state index in [1.165, 1.54) is 15.8 Å². The van der Waals surface area contributed by atoms with Crippen molar-refractivity contribution < 1.29 is 34.1 Å². The molecule has 5 atom stereocenters. The van der Waals surface area contributed by atoms with Crippen LogP contribution in [0.1, 0.15) is 38.2 Å². The van der Waals surface area contributed by atoms with Crippen LogP contribution in [0.5, 0.6) is 0 Å². The number of nitrogens with zero attached hydrogens (tertiary/aromatic N) is 6. The summed E-state index contributed by atoms with van der Waals surface area (Å²) < 4.78 is 12.4. The van der Waals surface area contributed by atoms with Crippen molar-refractivity contribution >= 4 is 34.9 Å². The molecule has 0 aliphatic carbocycles. The van der Waals surface area contributed by atoms with E-state index in [0.29, 0.717) is 32.6 Å². The molecule has 0 spiro atoms. The van der Waals surface area contributed by atoms with Crippen LogP contribution >= 0.6 is 0 Å². The van der Waals surface area contributed by atoms with Gasteiger partial charge in [-0.2, -0.15) is 0 Å². The third-order valence-electron chi connectivity index (χ3n) is 7.37. The van der Waals surface area contributed by atoms with Gasteiger partial charge in [-0.15, -0.1) is 0 Å². The van der Waals surface area contributed by atoms with Gasteiger partial charge in [-0.25, -0.2) is 19.7 Å². The number of ether oxygens (including phenoxy) is 2. The summed E-state index contributed by atoms with van der Waals surface area (Å²) in [4.78, 5) is 52.2. The molecule has 0 radical (unpaired) electrons. The molecule has 3 fully saturated rings. The molecule has 15 nitrogen and oxygen atoms in total. The maximum atomic E-state index is 12.3.